The zero-order chi connectivity index (χ0) is 21.8. The molecule has 0 bridgehead atoms. The summed E-state index contributed by atoms with van der Waals surface area (Å²) in [5.41, 5.74) is 5.67. The van der Waals surface area contributed by atoms with Crippen LogP contribution in [0, 0.1) is 0 Å². The van der Waals surface area contributed by atoms with Crippen molar-refractivity contribution in [2.24, 2.45) is 4.99 Å². The van der Waals surface area contributed by atoms with Gasteiger partial charge in [0, 0.05) is 25.3 Å². The number of aliphatic imine (C=N–C) groups is 1. The molecule has 3 aromatic rings. The summed E-state index contributed by atoms with van der Waals surface area (Å²) in [5.74, 6) is 0. The molecule has 0 fully saturated rings. The molecule has 2 aromatic carbocycles. The highest BCUT2D eigenvalue weighted by Gasteiger charge is 2.06. The number of allylic oxidation sites excluding steroid dienone is 2. The van der Waals surface area contributed by atoms with Crippen LogP contribution in [0.25, 0.3) is 11.0 Å². The summed E-state index contributed by atoms with van der Waals surface area (Å²) < 4.78 is 2.19. The number of imidazole rings is 1. The minimum atomic E-state index is 0.765. The molecule has 0 unspecified atom stereocenters. The van der Waals surface area contributed by atoms with Crippen LogP contribution >= 0.6 is 0 Å². The van der Waals surface area contributed by atoms with Gasteiger partial charge < -0.3 is 9.47 Å². The van der Waals surface area contributed by atoms with Crippen LogP contribution in [0.1, 0.15) is 45.2 Å². The molecule has 4 nitrogen and oxygen atoms in total. The molecule has 0 amide bonds. The lowest BCUT2D eigenvalue weighted by Gasteiger charge is -2.20. The van der Waals surface area contributed by atoms with Gasteiger partial charge in [-0.3, -0.25) is 4.99 Å². The zero-order valence-corrected chi connectivity index (χ0v) is 18.8. The number of para-hydroxylation sites is 2. The number of aromatic nitrogens is 2. The number of rotatable bonds is 9. The Balaban J connectivity index is 0.00000155. The Hall–Kier alpha value is -3.14. The summed E-state index contributed by atoms with van der Waals surface area (Å²) in [5, 5.41) is 0. The molecule has 30 heavy (non-hydrogen) atoms. The molecule has 0 N–H and O–H groups in total. The predicted molar refractivity (Wildman–Crippen MR) is 130 cm³/mol. The standard InChI is InChI=1S/C24H28N4.C2H6/c1-4-5-8-14-25-18-27(20(2)3)16-21-10-9-11-22(15-21)17-28-19-26-23-12-6-7-13-24(23)28;1-2/h4-7,9-13,15,18-19H,2,8,14,16-17H2,1,3H3;1-2H3/b5-4-,25-18?;. The van der Waals surface area contributed by atoms with Crippen molar-refractivity contribution in [2.75, 3.05) is 6.54 Å². The van der Waals surface area contributed by atoms with E-state index in [2.05, 4.69) is 74.6 Å². The first kappa shape index (κ1) is 23.1. The molecule has 0 aliphatic heterocycles. The molecule has 0 spiro atoms. The van der Waals surface area contributed by atoms with E-state index in [-0.39, 0.29) is 0 Å². The van der Waals surface area contributed by atoms with Crippen LogP contribution in [-0.4, -0.2) is 27.3 Å². The summed E-state index contributed by atoms with van der Waals surface area (Å²) >= 11 is 0. The van der Waals surface area contributed by atoms with Gasteiger partial charge in [-0.25, -0.2) is 4.98 Å². The first-order valence-corrected chi connectivity index (χ1v) is 10.7. The van der Waals surface area contributed by atoms with E-state index < -0.39 is 0 Å². The molecular formula is C26H34N4. The van der Waals surface area contributed by atoms with E-state index >= 15 is 0 Å². The van der Waals surface area contributed by atoms with Gasteiger partial charge in [0.15, 0.2) is 0 Å². The third kappa shape index (κ3) is 6.73. The first-order valence-electron chi connectivity index (χ1n) is 10.7. The topological polar surface area (TPSA) is 33.4 Å². The minimum Gasteiger partial charge on any atom is -0.333 e. The second-order valence-corrected chi connectivity index (χ2v) is 6.92. The molecular weight excluding hydrogens is 368 g/mol. The van der Waals surface area contributed by atoms with E-state index in [4.69, 9.17) is 0 Å². The lowest BCUT2D eigenvalue weighted by atomic mass is 10.1. The Bertz CT molecular complexity index is 981. The molecule has 0 atom stereocenters. The van der Waals surface area contributed by atoms with Gasteiger partial charge in [0.1, 0.15) is 0 Å². The molecule has 158 valence electrons. The number of benzene rings is 2. The molecule has 0 saturated carbocycles. The predicted octanol–water partition coefficient (Wildman–Crippen LogP) is 6.44. The third-order valence-corrected chi connectivity index (χ3v) is 4.60. The number of nitrogens with zero attached hydrogens (tertiary/aromatic N) is 4. The summed E-state index contributed by atoms with van der Waals surface area (Å²) in [6.45, 7) is 14.5. The monoisotopic (exact) mass is 402 g/mol. The smallest absolute Gasteiger partial charge is 0.0961 e. The fourth-order valence-electron chi connectivity index (χ4n) is 3.10. The largest absolute Gasteiger partial charge is 0.333 e. The van der Waals surface area contributed by atoms with Gasteiger partial charge >= 0.3 is 0 Å². The summed E-state index contributed by atoms with van der Waals surface area (Å²) in [6, 6.07) is 16.9. The molecule has 0 aliphatic carbocycles. The SMILES string of the molecule is C=C(C)N(C=NCC/C=C\C)Cc1cccc(Cn2cnc3ccccc32)c1.CC. The lowest BCUT2D eigenvalue weighted by molar-refractivity contribution is 0.523. The number of hydrogen-bond acceptors (Lipinski definition) is 2. The van der Waals surface area contributed by atoms with Crippen molar-refractivity contribution in [3.63, 3.8) is 0 Å². The average molecular weight is 403 g/mol. The van der Waals surface area contributed by atoms with E-state index in [1.54, 1.807) is 0 Å². The van der Waals surface area contributed by atoms with Gasteiger partial charge in [0.2, 0.25) is 0 Å². The van der Waals surface area contributed by atoms with Crippen molar-refractivity contribution in [2.45, 2.75) is 47.2 Å². The number of fused-ring (bicyclic) bond motifs is 1. The molecule has 0 aliphatic rings. The van der Waals surface area contributed by atoms with E-state index in [0.717, 1.165) is 42.8 Å². The van der Waals surface area contributed by atoms with Crippen molar-refractivity contribution in [3.8, 4) is 0 Å². The fraction of sp³-hybridized carbons (Fsp3) is 0.308. The quantitative estimate of drug-likeness (QED) is 0.179. The highest BCUT2D eigenvalue weighted by atomic mass is 15.2. The van der Waals surface area contributed by atoms with Gasteiger partial charge in [-0.05, 0) is 43.5 Å². The van der Waals surface area contributed by atoms with Crippen molar-refractivity contribution in [1.29, 1.82) is 0 Å². The van der Waals surface area contributed by atoms with Crippen LogP contribution in [0.4, 0.5) is 0 Å². The van der Waals surface area contributed by atoms with Crippen molar-refractivity contribution in [3.05, 3.63) is 90.4 Å². The maximum absolute atomic E-state index is 4.52. The van der Waals surface area contributed by atoms with Gasteiger partial charge in [-0.1, -0.05) is 69.0 Å². The van der Waals surface area contributed by atoms with E-state index in [1.165, 1.54) is 11.1 Å². The van der Waals surface area contributed by atoms with Crippen molar-refractivity contribution in [1.82, 2.24) is 14.5 Å². The average Bonchev–Trinajstić information content (AvgIpc) is 3.17. The summed E-state index contributed by atoms with van der Waals surface area (Å²) in [6.07, 6.45) is 8.97. The zero-order valence-electron chi connectivity index (χ0n) is 18.8. The normalized spacial score (nSPS) is 11.1. The summed E-state index contributed by atoms with van der Waals surface area (Å²) in [7, 11) is 0. The van der Waals surface area contributed by atoms with Crippen LogP contribution in [0.15, 0.2) is 84.3 Å². The van der Waals surface area contributed by atoms with Crippen LogP contribution in [0.3, 0.4) is 0 Å². The molecule has 1 aromatic heterocycles. The second-order valence-electron chi connectivity index (χ2n) is 6.92. The maximum Gasteiger partial charge on any atom is 0.0961 e. The Morgan fingerprint density at radius 2 is 1.90 bits per heavy atom. The van der Waals surface area contributed by atoms with E-state index in [0.29, 0.717) is 0 Å². The Labute approximate surface area is 181 Å². The van der Waals surface area contributed by atoms with Crippen LogP contribution < -0.4 is 0 Å². The van der Waals surface area contributed by atoms with Crippen molar-refractivity contribution < 1.29 is 0 Å². The van der Waals surface area contributed by atoms with E-state index in [1.807, 2.05) is 52.5 Å². The highest BCUT2D eigenvalue weighted by Crippen LogP contribution is 2.16. The summed E-state index contributed by atoms with van der Waals surface area (Å²) in [4.78, 5) is 11.1. The maximum atomic E-state index is 4.52. The molecule has 4 heteroatoms. The number of hydrogen-bond donors (Lipinski definition) is 0. The molecule has 0 radical (unpaired) electrons. The Kier molecular flexibility index (Phi) is 9.59. The first-order chi connectivity index (χ1) is 14.7. The van der Waals surface area contributed by atoms with Crippen LogP contribution in [0.5, 0.6) is 0 Å². The highest BCUT2D eigenvalue weighted by molar-refractivity contribution is 5.75. The van der Waals surface area contributed by atoms with Gasteiger partial charge in [0.25, 0.3) is 0 Å². The Morgan fingerprint density at radius 3 is 2.67 bits per heavy atom. The molecule has 3 rings (SSSR count). The third-order valence-electron chi connectivity index (χ3n) is 4.60. The second kappa shape index (κ2) is 12.4. The van der Waals surface area contributed by atoms with Crippen LogP contribution in [0.2, 0.25) is 0 Å². The molecule has 1 heterocycles. The van der Waals surface area contributed by atoms with E-state index in [9.17, 15) is 0 Å². The lowest BCUT2D eigenvalue weighted by Crippen LogP contribution is -2.19. The van der Waals surface area contributed by atoms with Crippen LogP contribution in [-0.2, 0) is 13.1 Å². The van der Waals surface area contributed by atoms with Gasteiger partial charge in [-0.15, -0.1) is 0 Å². The van der Waals surface area contributed by atoms with Crippen molar-refractivity contribution >= 4 is 17.4 Å². The van der Waals surface area contributed by atoms with Gasteiger partial charge in [-0.2, -0.15) is 0 Å². The molecule has 0 saturated heterocycles. The minimum absolute atomic E-state index is 0.765. The fourth-order valence-corrected chi connectivity index (χ4v) is 3.10. The Morgan fingerprint density at radius 1 is 1.13 bits per heavy atom. The van der Waals surface area contributed by atoms with Gasteiger partial charge in [0.05, 0.1) is 23.7 Å².